The second kappa shape index (κ2) is 12.1. The molecule has 0 aliphatic rings. The molecule has 5 heteroatoms. The zero-order chi connectivity index (χ0) is 19.6. The summed E-state index contributed by atoms with van der Waals surface area (Å²) in [5, 5.41) is 8.50. The summed E-state index contributed by atoms with van der Waals surface area (Å²) in [5.74, 6) is 0.0247. The smallest absolute Gasteiger partial charge is 0.194 e. The van der Waals surface area contributed by atoms with Crippen LogP contribution in [0.15, 0.2) is 72.9 Å². The summed E-state index contributed by atoms with van der Waals surface area (Å²) in [5.41, 5.74) is 3.01. The van der Waals surface area contributed by atoms with Crippen LogP contribution in [0.25, 0.3) is 11.3 Å². The number of aliphatic hydroxyl groups is 1. The quantitative estimate of drug-likeness (QED) is 0.382. The molecule has 147 valence electrons. The number of aromatic nitrogens is 1. The summed E-state index contributed by atoms with van der Waals surface area (Å²) in [7, 11) is 0. The van der Waals surface area contributed by atoms with E-state index in [2.05, 4.69) is 11.1 Å². The third-order valence-corrected chi connectivity index (χ3v) is 3.63. The van der Waals surface area contributed by atoms with E-state index in [0.717, 1.165) is 11.3 Å². The number of benzene rings is 2. The molecule has 1 atom stereocenters. The van der Waals surface area contributed by atoms with Gasteiger partial charge in [-0.2, -0.15) is 0 Å². The van der Waals surface area contributed by atoms with Crippen LogP contribution in [0.3, 0.4) is 0 Å². The Hall–Kier alpha value is -2.46. The zero-order valence-corrected chi connectivity index (χ0v) is 18.2. The Morgan fingerprint density at radius 2 is 1.68 bits per heavy atom. The maximum Gasteiger partial charge on any atom is 0.194 e. The number of aliphatic hydroxyl groups excluding tert-OH is 1. The van der Waals surface area contributed by atoms with Crippen LogP contribution < -0.4 is 0 Å². The molecule has 1 heterocycles. The van der Waals surface area contributed by atoms with E-state index in [1.54, 1.807) is 31.3 Å². The Morgan fingerprint density at radius 3 is 2.14 bits per heavy atom. The van der Waals surface area contributed by atoms with Crippen LogP contribution in [0.4, 0.5) is 0 Å². The molecule has 0 aliphatic carbocycles. The fourth-order valence-electron chi connectivity index (χ4n) is 2.41. The molecule has 0 fully saturated rings. The fourth-order valence-corrected chi connectivity index (χ4v) is 2.41. The van der Waals surface area contributed by atoms with Crippen LogP contribution >= 0.6 is 0 Å². The number of carbonyl (C=O) groups excluding carboxylic acids is 2. The van der Waals surface area contributed by atoms with E-state index in [4.69, 9.17) is 5.11 Å². The minimum Gasteiger partial charge on any atom is -0.393 e. The summed E-state index contributed by atoms with van der Waals surface area (Å²) >= 11 is 0. The van der Waals surface area contributed by atoms with Crippen LogP contribution in [0.2, 0.25) is 0 Å². The largest absolute Gasteiger partial charge is 0.393 e. The van der Waals surface area contributed by atoms with Crippen molar-refractivity contribution in [1.29, 1.82) is 0 Å². The second-order valence-electron chi connectivity index (χ2n) is 6.16. The predicted octanol–water partition coefficient (Wildman–Crippen LogP) is 4.12. The molecule has 1 unspecified atom stereocenters. The second-order valence-corrected chi connectivity index (χ2v) is 6.16. The van der Waals surface area contributed by atoms with Crippen LogP contribution in [0, 0.1) is 6.07 Å². The monoisotopic (exact) mass is 553 g/mol. The molecule has 0 saturated carbocycles. The summed E-state index contributed by atoms with van der Waals surface area (Å²) in [6, 6.07) is 23.6. The van der Waals surface area contributed by atoms with Gasteiger partial charge < -0.3 is 10.1 Å². The summed E-state index contributed by atoms with van der Waals surface area (Å²) in [4.78, 5) is 26.7. The van der Waals surface area contributed by atoms with Gasteiger partial charge in [-0.3, -0.25) is 9.59 Å². The number of rotatable bonds is 5. The first-order valence-corrected chi connectivity index (χ1v) is 8.67. The summed E-state index contributed by atoms with van der Waals surface area (Å²) in [6.07, 6.45) is 1.42. The van der Waals surface area contributed by atoms with Gasteiger partial charge >= 0.3 is 0 Å². The van der Waals surface area contributed by atoms with Crippen molar-refractivity contribution in [1.82, 2.24) is 4.98 Å². The number of pyridine rings is 1. The van der Waals surface area contributed by atoms with Crippen LogP contribution in [-0.2, 0) is 24.9 Å². The van der Waals surface area contributed by atoms with Gasteiger partial charge in [-0.15, -0.1) is 35.9 Å². The van der Waals surface area contributed by atoms with Gasteiger partial charge in [-0.05, 0) is 19.5 Å². The van der Waals surface area contributed by atoms with Crippen molar-refractivity contribution in [2.75, 3.05) is 0 Å². The minimum absolute atomic E-state index is 0. The zero-order valence-electron chi connectivity index (χ0n) is 15.8. The Bertz CT molecular complexity index is 863. The van der Waals surface area contributed by atoms with Crippen molar-refractivity contribution in [2.24, 2.45) is 0 Å². The number of carbonyl (C=O) groups is 2. The average molecular weight is 553 g/mol. The summed E-state index contributed by atoms with van der Waals surface area (Å²) in [6.45, 7) is 3.06. The Kier molecular flexibility index (Phi) is 10.2. The van der Waals surface area contributed by atoms with Crippen LogP contribution in [0.1, 0.15) is 36.2 Å². The molecular formula is C23H22IrNO3-. The first-order valence-electron chi connectivity index (χ1n) is 8.67. The molecule has 1 radical (unpaired) electrons. The first kappa shape index (κ1) is 23.6. The Labute approximate surface area is 179 Å². The normalized spacial score (nSPS) is 10.7. The van der Waals surface area contributed by atoms with E-state index >= 15 is 0 Å². The number of hydrogen-bond donors (Lipinski definition) is 1. The molecule has 0 spiro atoms. The van der Waals surface area contributed by atoms with Crippen molar-refractivity contribution in [3.63, 3.8) is 0 Å². The SMILES string of the molecule is CC(=O)CC(C)O.O=C(c1ccccc1)c1ccc(-c2[c-]cccc2)nc1.[Ir]. The maximum absolute atomic E-state index is 12.2. The van der Waals surface area contributed by atoms with E-state index in [9.17, 15) is 9.59 Å². The molecule has 0 amide bonds. The molecule has 0 saturated heterocycles. The molecule has 3 aromatic rings. The molecule has 1 aromatic heterocycles. The van der Waals surface area contributed by atoms with Gasteiger partial charge in [0.25, 0.3) is 0 Å². The number of hydrogen-bond acceptors (Lipinski definition) is 4. The molecule has 0 bridgehead atoms. The van der Waals surface area contributed by atoms with Gasteiger partial charge in [0.2, 0.25) is 0 Å². The van der Waals surface area contributed by atoms with Crippen LogP contribution in [-0.4, -0.2) is 27.8 Å². The summed E-state index contributed by atoms with van der Waals surface area (Å²) < 4.78 is 0. The van der Waals surface area contributed by atoms with E-state index < -0.39 is 6.10 Å². The fraction of sp³-hybridized carbons (Fsp3) is 0.174. The molecule has 1 N–H and O–H groups in total. The molecule has 0 aliphatic heterocycles. The van der Waals surface area contributed by atoms with E-state index in [1.165, 1.54) is 6.92 Å². The van der Waals surface area contributed by atoms with Gasteiger partial charge in [-0.1, -0.05) is 42.5 Å². The predicted molar refractivity (Wildman–Crippen MR) is 105 cm³/mol. The van der Waals surface area contributed by atoms with Gasteiger partial charge in [0.15, 0.2) is 5.78 Å². The molecule has 3 rings (SSSR count). The molecule has 2 aromatic carbocycles. The molecule has 4 nitrogen and oxygen atoms in total. The first-order chi connectivity index (χ1) is 13.0. The third kappa shape index (κ3) is 7.65. The molecule has 28 heavy (non-hydrogen) atoms. The molecular weight excluding hydrogens is 530 g/mol. The minimum atomic E-state index is -0.475. The van der Waals surface area contributed by atoms with Gasteiger partial charge in [0.1, 0.15) is 5.78 Å². The van der Waals surface area contributed by atoms with Gasteiger partial charge in [0.05, 0.1) is 6.10 Å². The van der Waals surface area contributed by atoms with E-state index in [-0.39, 0.29) is 38.1 Å². The Morgan fingerprint density at radius 1 is 1.00 bits per heavy atom. The van der Waals surface area contributed by atoms with Crippen molar-refractivity contribution < 1.29 is 34.8 Å². The standard InChI is InChI=1S/C18H12NO.C5H10O2.Ir/c20-18(15-9-5-2-6-10-15)16-11-12-17(19-13-16)14-7-3-1-4-8-14;1-4(6)3-5(2)7;/h1-7,9-13H;4,6H,3H2,1-2H3;/q-1;;. The van der Waals surface area contributed by atoms with E-state index in [1.807, 2.05) is 48.5 Å². The number of ketones is 2. The maximum atomic E-state index is 12.2. The van der Waals surface area contributed by atoms with Gasteiger partial charge in [-0.25, -0.2) is 0 Å². The number of Topliss-reactive ketones (excluding diaryl/α,β-unsaturated/α-hetero) is 1. The average Bonchev–Trinajstić information content (AvgIpc) is 2.68. The van der Waals surface area contributed by atoms with Crippen molar-refractivity contribution in [3.8, 4) is 11.3 Å². The topological polar surface area (TPSA) is 67.3 Å². The van der Waals surface area contributed by atoms with E-state index in [0.29, 0.717) is 11.1 Å². The van der Waals surface area contributed by atoms with Gasteiger partial charge in [0, 0.05) is 43.8 Å². The number of nitrogens with zero attached hydrogens (tertiary/aromatic N) is 1. The Balaban J connectivity index is 0.000000425. The third-order valence-electron chi connectivity index (χ3n) is 3.63. The van der Waals surface area contributed by atoms with Crippen molar-refractivity contribution in [2.45, 2.75) is 26.4 Å². The van der Waals surface area contributed by atoms with Crippen LogP contribution in [0.5, 0.6) is 0 Å². The van der Waals surface area contributed by atoms with Crippen molar-refractivity contribution >= 4 is 11.6 Å². The van der Waals surface area contributed by atoms with Crippen molar-refractivity contribution in [3.05, 3.63) is 90.1 Å².